The van der Waals surface area contributed by atoms with Crippen LogP contribution >= 0.6 is 0 Å². The largest absolute Gasteiger partial charge is 0.497 e. The molecule has 1 saturated carbocycles. The Bertz CT molecular complexity index is 824. The molecule has 1 aliphatic rings. The van der Waals surface area contributed by atoms with E-state index < -0.39 is 5.60 Å². The predicted octanol–water partition coefficient (Wildman–Crippen LogP) is 3.36. The third kappa shape index (κ3) is 5.61. The number of benzene rings is 2. The molecule has 2 aromatic carbocycles. The Kier molecular flexibility index (Phi) is 7.51. The molecule has 0 spiro atoms. The molecule has 0 saturated heterocycles. The second-order valence-electron chi connectivity index (χ2n) is 8.64. The van der Waals surface area contributed by atoms with E-state index in [1.807, 2.05) is 56.6 Å². The lowest BCUT2D eigenvalue weighted by molar-refractivity contribution is -0.123. The van der Waals surface area contributed by atoms with Crippen molar-refractivity contribution in [1.29, 1.82) is 0 Å². The monoisotopic (exact) mass is 410 g/mol. The van der Waals surface area contributed by atoms with Crippen molar-refractivity contribution in [2.24, 2.45) is 5.92 Å². The summed E-state index contributed by atoms with van der Waals surface area (Å²) in [6.07, 6.45) is 3.35. The van der Waals surface area contributed by atoms with Crippen molar-refractivity contribution in [1.82, 2.24) is 10.2 Å². The van der Waals surface area contributed by atoms with Gasteiger partial charge >= 0.3 is 0 Å². The van der Waals surface area contributed by atoms with Gasteiger partial charge in [0.1, 0.15) is 5.75 Å². The van der Waals surface area contributed by atoms with Crippen molar-refractivity contribution < 1.29 is 14.6 Å². The third-order valence-corrected chi connectivity index (χ3v) is 6.12. The van der Waals surface area contributed by atoms with Gasteiger partial charge in [0, 0.05) is 24.9 Å². The van der Waals surface area contributed by atoms with Gasteiger partial charge in [-0.1, -0.05) is 42.5 Å². The van der Waals surface area contributed by atoms with Crippen LogP contribution in [0.1, 0.15) is 36.8 Å². The number of aryl methyl sites for hydroxylation is 1. The van der Waals surface area contributed by atoms with Gasteiger partial charge in [-0.3, -0.25) is 4.79 Å². The highest BCUT2D eigenvalue weighted by atomic mass is 16.5. The average molecular weight is 411 g/mol. The van der Waals surface area contributed by atoms with E-state index in [1.165, 1.54) is 5.56 Å². The normalized spacial score (nSPS) is 23.9. The molecule has 3 rings (SSSR count). The first-order valence-electron chi connectivity index (χ1n) is 10.8. The van der Waals surface area contributed by atoms with Gasteiger partial charge in [0.15, 0.2) is 0 Å². The van der Waals surface area contributed by atoms with Gasteiger partial charge in [0.2, 0.25) is 5.91 Å². The van der Waals surface area contributed by atoms with Gasteiger partial charge in [0.05, 0.1) is 12.7 Å². The van der Waals surface area contributed by atoms with E-state index in [9.17, 15) is 9.90 Å². The van der Waals surface area contributed by atoms with Crippen LogP contribution in [-0.2, 0) is 16.8 Å². The standard InChI is InChI=1S/C25H34N2O3/c1-27(2)18-21-16-22(26-24(28)13-12-19-8-5-4-6-9-19)14-15-25(21,29)20-10-7-11-23(17-20)30-3/h4-11,17,21-22,29H,12-16,18H2,1-3H3,(H,26,28). The van der Waals surface area contributed by atoms with E-state index >= 15 is 0 Å². The quantitative estimate of drug-likeness (QED) is 0.701. The molecule has 5 heteroatoms. The van der Waals surface area contributed by atoms with E-state index in [1.54, 1.807) is 7.11 Å². The van der Waals surface area contributed by atoms with Gasteiger partial charge in [-0.05, 0) is 63.0 Å². The number of hydrogen-bond donors (Lipinski definition) is 2. The van der Waals surface area contributed by atoms with Gasteiger partial charge < -0.3 is 20.1 Å². The summed E-state index contributed by atoms with van der Waals surface area (Å²) in [5.74, 6) is 0.855. The zero-order valence-electron chi connectivity index (χ0n) is 18.3. The second-order valence-corrected chi connectivity index (χ2v) is 8.64. The smallest absolute Gasteiger partial charge is 0.220 e. The van der Waals surface area contributed by atoms with Gasteiger partial charge in [0.25, 0.3) is 0 Å². The van der Waals surface area contributed by atoms with Crippen LogP contribution in [0.15, 0.2) is 54.6 Å². The predicted molar refractivity (Wildman–Crippen MR) is 119 cm³/mol. The Morgan fingerprint density at radius 3 is 2.67 bits per heavy atom. The fraction of sp³-hybridized carbons (Fsp3) is 0.480. The highest BCUT2D eigenvalue weighted by Gasteiger charge is 2.44. The lowest BCUT2D eigenvalue weighted by Gasteiger charge is -2.44. The summed E-state index contributed by atoms with van der Waals surface area (Å²) in [6.45, 7) is 0.754. The fourth-order valence-corrected chi connectivity index (χ4v) is 4.53. The highest BCUT2D eigenvalue weighted by molar-refractivity contribution is 5.76. The van der Waals surface area contributed by atoms with Crippen LogP contribution in [0.3, 0.4) is 0 Å². The maximum Gasteiger partial charge on any atom is 0.220 e. The van der Waals surface area contributed by atoms with Crippen LogP contribution in [0, 0.1) is 5.92 Å². The molecule has 2 aromatic rings. The Morgan fingerprint density at radius 1 is 1.20 bits per heavy atom. The number of hydrogen-bond acceptors (Lipinski definition) is 4. The number of rotatable bonds is 8. The summed E-state index contributed by atoms with van der Waals surface area (Å²) in [5.41, 5.74) is 1.14. The molecule has 1 aliphatic carbocycles. The highest BCUT2D eigenvalue weighted by Crippen LogP contribution is 2.43. The van der Waals surface area contributed by atoms with Gasteiger partial charge in [-0.2, -0.15) is 0 Å². The molecule has 3 atom stereocenters. The first-order chi connectivity index (χ1) is 14.4. The summed E-state index contributed by atoms with van der Waals surface area (Å²) in [6, 6.07) is 17.9. The molecule has 0 radical (unpaired) electrons. The number of carbonyl (C=O) groups excluding carboxylic acids is 1. The molecular weight excluding hydrogens is 376 g/mol. The van der Waals surface area contributed by atoms with Crippen LogP contribution in [0.2, 0.25) is 0 Å². The van der Waals surface area contributed by atoms with Crippen molar-refractivity contribution in [3.63, 3.8) is 0 Å². The van der Waals surface area contributed by atoms with Crippen molar-refractivity contribution in [3.8, 4) is 5.75 Å². The number of aliphatic hydroxyl groups is 1. The number of nitrogens with zero attached hydrogens (tertiary/aromatic N) is 1. The molecule has 5 nitrogen and oxygen atoms in total. The minimum absolute atomic E-state index is 0.0211. The SMILES string of the molecule is COc1cccc(C2(O)CCC(NC(=O)CCc3ccccc3)CC2CN(C)C)c1. The maximum atomic E-state index is 12.5. The summed E-state index contributed by atoms with van der Waals surface area (Å²) in [7, 11) is 5.68. The number of nitrogens with one attached hydrogen (secondary N) is 1. The maximum absolute atomic E-state index is 12.5. The molecule has 0 aromatic heterocycles. The molecule has 30 heavy (non-hydrogen) atoms. The molecule has 1 fully saturated rings. The van der Waals surface area contributed by atoms with Crippen molar-refractivity contribution in [2.75, 3.05) is 27.7 Å². The summed E-state index contributed by atoms with van der Waals surface area (Å²) in [4.78, 5) is 14.6. The number of carbonyl (C=O) groups is 1. The lowest BCUT2D eigenvalue weighted by atomic mass is 9.69. The Labute approximate surface area is 180 Å². The van der Waals surface area contributed by atoms with Gasteiger partial charge in [-0.25, -0.2) is 0 Å². The number of amides is 1. The van der Waals surface area contributed by atoms with E-state index in [-0.39, 0.29) is 17.9 Å². The first kappa shape index (κ1) is 22.3. The van der Waals surface area contributed by atoms with Crippen molar-refractivity contribution >= 4 is 5.91 Å². The van der Waals surface area contributed by atoms with Crippen molar-refractivity contribution in [3.05, 3.63) is 65.7 Å². The molecule has 1 amide bonds. The van der Waals surface area contributed by atoms with E-state index in [0.29, 0.717) is 12.8 Å². The van der Waals surface area contributed by atoms with Crippen LogP contribution in [0.5, 0.6) is 5.75 Å². The van der Waals surface area contributed by atoms with Crippen LogP contribution in [0.4, 0.5) is 0 Å². The topological polar surface area (TPSA) is 61.8 Å². The zero-order valence-corrected chi connectivity index (χ0v) is 18.3. The molecule has 3 unspecified atom stereocenters. The molecule has 0 heterocycles. The van der Waals surface area contributed by atoms with Crippen LogP contribution in [0.25, 0.3) is 0 Å². The lowest BCUT2D eigenvalue weighted by Crippen LogP contribution is -2.50. The first-order valence-corrected chi connectivity index (χ1v) is 10.8. The van der Waals surface area contributed by atoms with E-state index in [4.69, 9.17) is 4.74 Å². The number of ether oxygens (including phenoxy) is 1. The molecule has 162 valence electrons. The Balaban J connectivity index is 1.65. The van der Waals surface area contributed by atoms with E-state index in [0.717, 1.165) is 37.1 Å². The molecule has 0 bridgehead atoms. The third-order valence-electron chi connectivity index (χ3n) is 6.12. The zero-order chi connectivity index (χ0) is 21.6. The van der Waals surface area contributed by atoms with Crippen LogP contribution in [-0.4, -0.2) is 49.7 Å². The number of methoxy groups -OCH3 is 1. The Hall–Kier alpha value is -2.37. The molecule has 2 N–H and O–H groups in total. The van der Waals surface area contributed by atoms with E-state index in [2.05, 4.69) is 22.3 Å². The summed E-state index contributed by atoms with van der Waals surface area (Å²) < 4.78 is 5.37. The summed E-state index contributed by atoms with van der Waals surface area (Å²) >= 11 is 0. The minimum atomic E-state index is -0.927. The second kappa shape index (κ2) is 10.1. The molecular formula is C25H34N2O3. The minimum Gasteiger partial charge on any atom is -0.497 e. The fourth-order valence-electron chi connectivity index (χ4n) is 4.53. The Morgan fingerprint density at radius 2 is 1.97 bits per heavy atom. The van der Waals surface area contributed by atoms with Crippen LogP contribution < -0.4 is 10.1 Å². The van der Waals surface area contributed by atoms with Crippen molar-refractivity contribution in [2.45, 2.75) is 43.7 Å². The average Bonchev–Trinajstić information content (AvgIpc) is 2.75. The molecule has 0 aliphatic heterocycles. The summed E-state index contributed by atoms with van der Waals surface area (Å²) in [5, 5.41) is 14.9. The van der Waals surface area contributed by atoms with Gasteiger partial charge in [-0.15, -0.1) is 0 Å².